The van der Waals surface area contributed by atoms with Crippen molar-refractivity contribution in [1.29, 1.82) is 5.26 Å². The summed E-state index contributed by atoms with van der Waals surface area (Å²) in [5, 5.41) is 9.54. The molecule has 1 unspecified atom stereocenters. The van der Waals surface area contributed by atoms with Crippen LogP contribution in [0.4, 0.5) is 0 Å². The van der Waals surface area contributed by atoms with Crippen LogP contribution in [0, 0.1) is 24.2 Å². The van der Waals surface area contributed by atoms with Crippen LogP contribution in [0.15, 0.2) is 18.2 Å². The Morgan fingerprint density at radius 2 is 2.00 bits per heavy atom. The monoisotopic (exact) mass is 243 g/mol. The van der Waals surface area contributed by atoms with Crippen LogP contribution in [0.2, 0.25) is 0 Å². The molecule has 2 heteroatoms. The Kier molecular flexibility index (Phi) is 4.25. The van der Waals surface area contributed by atoms with Crippen LogP contribution in [-0.2, 0) is 0 Å². The third-order valence-corrected chi connectivity index (χ3v) is 3.98. The van der Waals surface area contributed by atoms with Crippen LogP contribution in [0.1, 0.15) is 49.1 Å². The van der Waals surface area contributed by atoms with Crippen LogP contribution >= 0.6 is 0 Å². The minimum absolute atomic E-state index is 0.0138. The molecule has 0 aromatic heterocycles. The lowest BCUT2D eigenvalue weighted by Crippen LogP contribution is -2.16. The van der Waals surface area contributed by atoms with Crippen molar-refractivity contribution >= 4 is 0 Å². The predicted molar refractivity (Wildman–Crippen MR) is 72.7 cm³/mol. The van der Waals surface area contributed by atoms with E-state index in [9.17, 15) is 5.26 Å². The van der Waals surface area contributed by atoms with E-state index in [2.05, 4.69) is 19.1 Å². The molecule has 1 aromatic carbocycles. The lowest BCUT2D eigenvalue weighted by molar-refractivity contribution is 0.327. The largest absolute Gasteiger partial charge is 0.496 e. The van der Waals surface area contributed by atoms with Gasteiger partial charge in [-0.3, -0.25) is 0 Å². The Labute approximate surface area is 110 Å². The number of hydrogen-bond donors (Lipinski definition) is 0. The molecule has 1 atom stereocenters. The molecule has 1 aromatic rings. The van der Waals surface area contributed by atoms with Crippen molar-refractivity contribution < 1.29 is 4.74 Å². The standard InChI is InChI=1S/C16H21NO/c1-12-8-9-16(18-2)14(10-12)15(11-17)13-6-4-3-5-7-13/h8-10,13,15H,3-7H2,1-2H3. The van der Waals surface area contributed by atoms with E-state index in [0.717, 1.165) is 11.3 Å². The second-order valence-electron chi connectivity index (χ2n) is 5.25. The minimum Gasteiger partial charge on any atom is -0.496 e. The molecule has 0 amide bonds. The fraction of sp³-hybridized carbons (Fsp3) is 0.562. The number of nitrogens with zero attached hydrogens (tertiary/aromatic N) is 1. The van der Waals surface area contributed by atoms with Gasteiger partial charge in [-0.05, 0) is 31.7 Å². The summed E-state index contributed by atoms with van der Waals surface area (Å²) < 4.78 is 5.42. The number of hydrogen-bond acceptors (Lipinski definition) is 2. The normalized spacial score (nSPS) is 18.1. The van der Waals surface area contributed by atoms with Crippen molar-refractivity contribution in [1.82, 2.24) is 0 Å². The van der Waals surface area contributed by atoms with Crippen molar-refractivity contribution in [2.75, 3.05) is 7.11 Å². The van der Waals surface area contributed by atoms with Gasteiger partial charge in [-0.15, -0.1) is 0 Å². The van der Waals surface area contributed by atoms with Crippen molar-refractivity contribution in [2.24, 2.45) is 5.92 Å². The van der Waals surface area contributed by atoms with Crippen molar-refractivity contribution in [3.05, 3.63) is 29.3 Å². The first-order chi connectivity index (χ1) is 8.76. The molecule has 1 aliphatic carbocycles. The first-order valence-corrected chi connectivity index (χ1v) is 6.80. The Morgan fingerprint density at radius 1 is 1.28 bits per heavy atom. The molecular formula is C16H21NO. The molecule has 0 saturated heterocycles. The minimum atomic E-state index is -0.0138. The molecule has 0 heterocycles. The fourth-order valence-electron chi connectivity index (χ4n) is 2.99. The quantitative estimate of drug-likeness (QED) is 0.797. The molecule has 0 radical (unpaired) electrons. The lowest BCUT2D eigenvalue weighted by atomic mass is 9.77. The van der Waals surface area contributed by atoms with E-state index in [0.29, 0.717) is 5.92 Å². The number of aryl methyl sites for hydroxylation is 1. The van der Waals surface area contributed by atoms with Gasteiger partial charge < -0.3 is 4.74 Å². The predicted octanol–water partition coefficient (Wildman–Crippen LogP) is 4.19. The molecule has 0 aliphatic heterocycles. The zero-order chi connectivity index (χ0) is 13.0. The molecule has 18 heavy (non-hydrogen) atoms. The van der Waals surface area contributed by atoms with Crippen molar-refractivity contribution in [2.45, 2.75) is 44.9 Å². The summed E-state index contributed by atoms with van der Waals surface area (Å²) in [4.78, 5) is 0. The summed E-state index contributed by atoms with van der Waals surface area (Å²) in [6.07, 6.45) is 6.19. The lowest BCUT2D eigenvalue weighted by Gasteiger charge is -2.27. The highest BCUT2D eigenvalue weighted by Gasteiger charge is 2.27. The molecule has 1 saturated carbocycles. The smallest absolute Gasteiger partial charge is 0.123 e. The van der Waals surface area contributed by atoms with Gasteiger partial charge in [0.2, 0.25) is 0 Å². The third-order valence-electron chi connectivity index (χ3n) is 3.98. The average Bonchev–Trinajstić information content (AvgIpc) is 2.41. The van der Waals surface area contributed by atoms with Crippen molar-refractivity contribution in [3.8, 4) is 11.8 Å². The maximum atomic E-state index is 9.54. The van der Waals surface area contributed by atoms with E-state index < -0.39 is 0 Å². The van der Waals surface area contributed by atoms with Gasteiger partial charge in [0.05, 0.1) is 19.1 Å². The fourth-order valence-corrected chi connectivity index (χ4v) is 2.99. The maximum absolute atomic E-state index is 9.54. The second kappa shape index (κ2) is 5.91. The highest BCUT2D eigenvalue weighted by Crippen LogP contribution is 2.39. The summed E-state index contributed by atoms with van der Waals surface area (Å²) in [5.74, 6) is 1.34. The van der Waals surface area contributed by atoms with Gasteiger partial charge in [0.1, 0.15) is 5.75 Å². The highest BCUT2D eigenvalue weighted by molar-refractivity contribution is 5.42. The molecule has 1 fully saturated rings. The molecular weight excluding hydrogens is 222 g/mol. The van der Waals surface area contributed by atoms with Crippen LogP contribution < -0.4 is 4.74 Å². The Hall–Kier alpha value is -1.49. The number of rotatable bonds is 3. The summed E-state index contributed by atoms with van der Waals surface area (Å²) >= 11 is 0. The summed E-state index contributed by atoms with van der Waals surface area (Å²) in [6.45, 7) is 2.07. The van der Waals surface area contributed by atoms with Crippen molar-refractivity contribution in [3.63, 3.8) is 0 Å². The molecule has 0 spiro atoms. The Balaban J connectivity index is 2.31. The second-order valence-corrected chi connectivity index (χ2v) is 5.25. The zero-order valence-corrected chi connectivity index (χ0v) is 11.3. The van der Waals surface area contributed by atoms with Crippen LogP contribution in [0.5, 0.6) is 5.75 Å². The molecule has 1 aliphatic rings. The van der Waals surface area contributed by atoms with Gasteiger partial charge in [0.25, 0.3) is 0 Å². The van der Waals surface area contributed by atoms with E-state index in [1.54, 1.807) is 7.11 Å². The first-order valence-electron chi connectivity index (χ1n) is 6.80. The Morgan fingerprint density at radius 3 is 2.61 bits per heavy atom. The van der Waals surface area contributed by atoms with E-state index in [-0.39, 0.29) is 5.92 Å². The maximum Gasteiger partial charge on any atom is 0.123 e. The number of methoxy groups -OCH3 is 1. The number of benzene rings is 1. The summed E-state index contributed by atoms with van der Waals surface area (Å²) in [7, 11) is 1.68. The van der Waals surface area contributed by atoms with Crippen LogP contribution in [0.25, 0.3) is 0 Å². The van der Waals surface area contributed by atoms with E-state index in [1.165, 1.54) is 37.7 Å². The van der Waals surface area contributed by atoms with Gasteiger partial charge in [-0.25, -0.2) is 0 Å². The molecule has 0 bridgehead atoms. The molecule has 0 N–H and O–H groups in total. The number of ether oxygens (including phenoxy) is 1. The van der Waals surface area contributed by atoms with Gasteiger partial charge in [-0.2, -0.15) is 5.26 Å². The van der Waals surface area contributed by atoms with E-state index in [4.69, 9.17) is 4.74 Å². The average molecular weight is 243 g/mol. The van der Waals surface area contributed by atoms with Gasteiger partial charge in [-0.1, -0.05) is 37.0 Å². The molecule has 96 valence electrons. The topological polar surface area (TPSA) is 33.0 Å². The van der Waals surface area contributed by atoms with Crippen LogP contribution in [-0.4, -0.2) is 7.11 Å². The Bertz CT molecular complexity index is 441. The van der Waals surface area contributed by atoms with Crippen LogP contribution in [0.3, 0.4) is 0 Å². The van der Waals surface area contributed by atoms with E-state index >= 15 is 0 Å². The van der Waals surface area contributed by atoms with E-state index in [1.807, 2.05) is 12.1 Å². The van der Waals surface area contributed by atoms with Gasteiger partial charge >= 0.3 is 0 Å². The summed E-state index contributed by atoms with van der Waals surface area (Å²) in [5.41, 5.74) is 2.27. The first kappa shape index (κ1) is 13.0. The number of nitriles is 1. The van der Waals surface area contributed by atoms with Gasteiger partial charge in [0, 0.05) is 5.56 Å². The zero-order valence-electron chi connectivity index (χ0n) is 11.3. The van der Waals surface area contributed by atoms with Gasteiger partial charge in [0.15, 0.2) is 0 Å². The molecule has 2 rings (SSSR count). The summed E-state index contributed by atoms with van der Waals surface area (Å²) in [6, 6.07) is 8.65. The molecule has 2 nitrogen and oxygen atoms in total. The highest BCUT2D eigenvalue weighted by atomic mass is 16.5. The third kappa shape index (κ3) is 2.67. The SMILES string of the molecule is COc1ccc(C)cc1C(C#N)C1CCCCC1.